The van der Waals surface area contributed by atoms with E-state index in [1.54, 1.807) is 0 Å². The molecule has 1 aliphatic carbocycles. The molecule has 1 fully saturated rings. The largest absolute Gasteiger partial charge is 0.468 e. The Morgan fingerprint density at radius 2 is 2.11 bits per heavy atom. The molecule has 0 radical (unpaired) electrons. The molecule has 0 aliphatic heterocycles. The summed E-state index contributed by atoms with van der Waals surface area (Å²) in [5.74, 6) is -0.978. The average molecular weight is 270 g/mol. The maximum absolute atomic E-state index is 11.9. The first-order valence-corrected chi connectivity index (χ1v) is 6.84. The molecule has 1 aliphatic rings. The van der Waals surface area contributed by atoms with Gasteiger partial charge in [0.1, 0.15) is 11.2 Å². The third-order valence-corrected chi connectivity index (χ3v) is 3.63. The van der Waals surface area contributed by atoms with Gasteiger partial charge in [0.2, 0.25) is 0 Å². The Morgan fingerprint density at radius 1 is 1.37 bits per heavy atom. The van der Waals surface area contributed by atoms with Gasteiger partial charge in [0.05, 0.1) is 13.7 Å². The van der Waals surface area contributed by atoms with Gasteiger partial charge in [-0.2, -0.15) is 0 Å². The second-order valence-electron chi connectivity index (χ2n) is 4.92. The minimum absolute atomic E-state index is 0.0879. The number of rotatable bonds is 7. The summed E-state index contributed by atoms with van der Waals surface area (Å²) < 4.78 is 9.76. The number of ketones is 1. The van der Waals surface area contributed by atoms with Crippen molar-refractivity contribution >= 4 is 17.7 Å². The van der Waals surface area contributed by atoms with E-state index in [0.717, 1.165) is 12.8 Å². The van der Waals surface area contributed by atoms with Gasteiger partial charge in [0.15, 0.2) is 0 Å². The zero-order chi connectivity index (χ0) is 14.3. The molecule has 1 rings (SSSR count). The van der Waals surface area contributed by atoms with E-state index in [1.165, 1.54) is 7.11 Å². The molecule has 0 aromatic heterocycles. The average Bonchev–Trinajstić information content (AvgIpc) is 2.78. The van der Waals surface area contributed by atoms with Crippen LogP contribution in [0.4, 0.5) is 0 Å². The highest BCUT2D eigenvalue weighted by Gasteiger charge is 2.49. The molecule has 0 aromatic carbocycles. The topological polar surface area (TPSA) is 69.7 Å². The van der Waals surface area contributed by atoms with Gasteiger partial charge in [-0.3, -0.25) is 14.4 Å². The lowest BCUT2D eigenvalue weighted by Gasteiger charge is -2.23. The van der Waals surface area contributed by atoms with Crippen LogP contribution < -0.4 is 0 Å². The Bertz CT molecular complexity index is 350. The predicted molar refractivity (Wildman–Crippen MR) is 68.4 cm³/mol. The molecule has 0 spiro atoms. The fourth-order valence-electron chi connectivity index (χ4n) is 2.43. The van der Waals surface area contributed by atoms with Crippen LogP contribution in [-0.2, 0) is 23.9 Å². The van der Waals surface area contributed by atoms with Crippen LogP contribution in [0.1, 0.15) is 51.9 Å². The van der Waals surface area contributed by atoms with Gasteiger partial charge >= 0.3 is 11.9 Å². The molecule has 0 saturated heterocycles. The molecular formula is C14H22O5. The minimum atomic E-state index is -1.11. The van der Waals surface area contributed by atoms with E-state index in [1.807, 2.05) is 6.92 Å². The van der Waals surface area contributed by atoms with Gasteiger partial charge < -0.3 is 9.47 Å². The first kappa shape index (κ1) is 15.7. The molecule has 0 bridgehead atoms. The van der Waals surface area contributed by atoms with Gasteiger partial charge in [0.25, 0.3) is 0 Å². The third kappa shape index (κ3) is 3.78. The van der Waals surface area contributed by atoms with Crippen LogP contribution in [0.5, 0.6) is 0 Å². The van der Waals surface area contributed by atoms with Crippen LogP contribution in [0.3, 0.4) is 0 Å². The van der Waals surface area contributed by atoms with Crippen molar-refractivity contribution in [3.8, 4) is 0 Å². The summed E-state index contributed by atoms with van der Waals surface area (Å²) in [6, 6.07) is 0. The van der Waals surface area contributed by atoms with Crippen LogP contribution in [0.15, 0.2) is 0 Å². The molecule has 5 nitrogen and oxygen atoms in total. The predicted octanol–water partition coefficient (Wildman–Crippen LogP) is 2.02. The van der Waals surface area contributed by atoms with Crippen molar-refractivity contribution in [1.82, 2.24) is 0 Å². The second kappa shape index (κ2) is 7.26. The molecule has 0 heterocycles. The highest BCUT2D eigenvalue weighted by Crippen LogP contribution is 2.40. The fraction of sp³-hybridized carbons (Fsp3) is 0.786. The molecule has 19 heavy (non-hydrogen) atoms. The third-order valence-electron chi connectivity index (χ3n) is 3.63. The summed E-state index contributed by atoms with van der Waals surface area (Å²) in [7, 11) is 1.27. The number of esters is 2. The molecule has 0 aromatic rings. The van der Waals surface area contributed by atoms with E-state index in [4.69, 9.17) is 9.47 Å². The Hall–Kier alpha value is -1.39. The number of hydrogen-bond acceptors (Lipinski definition) is 5. The molecule has 1 unspecified atom stereocenters. The summed E-state index contributed by atoms with van der Waals surface area (Å²) in [5.41, 5.74) is -1.11. The molecule has 0 amide bonds. The Kier molecular flexibility index (Phi) is 5.99. The second-order valence-corrected chi connectivity index (χ2v) is 4.92. The van der Waals surface area contributed by atoms with E-state index in [2.05, 4.69) is 0 Å². The number of carbonyl (C=O) groups is 3. The van der Waals surface area contributed by atoms with Crippen molar-refractivity contribution < 1.29 is 23.9 Å². The van der Waals surface area contributed by atoms with Crippen molar-refractivity contribution in [1.29, 1.82) is 0 Å². The van der Waals surface area contributed by atoms with Gasteiger partial charge in [0, 0.05) is 12.8 Å². The Labute approximate surface area is 113 Å². The maximum Gasteiger partial charge on any atom is 0.319 e. The number of unbranched alkanes of at least 4 members (excludes halogenated alkanes) is 1. The van der Waals surface area contributed by atoms with Crippen molar-refractivity contribution in [3.05, 3.63) is 0 Å². The van der Waals surface area contributed by atoms with Crippen LogP contribution >= 0.6 is 0 Å². The fourth-order valence-corrected chi connectivity index (χ4v) is 2.43. The molecule has 1 saturated carbocycles. The Morgan fingerprint density at radius 3 is 2.63 bits per heavy atom. The van der Waals surface area contributed by atoms with Gasteiger partial charge in [-0.15, -0.1) is 0 Å². The minimum Gasteiger partial charge on any atom is -0.468 e. The summed E-state index contributed by atoms with van der Waals surface area (Å²) >= 11 is 0. The number of Topliss-reactive ketones (excluding diaryl/α,β-unsaturated/α-hetero) is 1. The maximum atomic E-state index is 11.9. The Balaban J connectivity index is 2.53. The van der Waals surface area contributed by atoms with Crippen molar-refractivity contribution in [2.24, 2.45) is 5.41 Å². The molecule has 5 heteroatoms. The monoisotopic (exact) mass is 270 g/mol. The lowest BCUT2D eigenvalue weighted by Crippen LogP contribution is -2.37. The molecule has 108 valence electrons. The number of hydrogen-bond donors (Lipinski definition) is 0. The molecular weight excluding hydrogens is 248 g/mol. The smallest absolute Gasteiger partial charge is 0.319 e. The highest BCUT2D eigenvalue weighted by atomic mass is 16.5. The van der Waals surface area contributed by atoms with Crippen LogP contribution in [0, 0.1) is 5.41 Å². The normalized spacial score (nSPS) is 22.3. The lowest BCUT2D eigenvalue weighted by molar-refractivity contribution is -0.157. The van der Waals surface area contributed by atoms with Crippen molar-refractivity contribution in [2.45, 2.75) is 51.9 Å². The van der Waals surface area contributed by atoms with E-state index in [0.29, 0.717) is 25.9 Å². The number of carbonyl (C=O) groups excluding carboxylic acids is 3. The quantitative estimate of drug-likeness (QED) is 0.402. The molecule has 0 N–H and O–H groups in total. The SMILES string of the molecule is CCCCOC(=O)CCC1(C(=O)OC)CCCC1=O. The summed E-state index contributed by atoms with van der Waals surface area (Å²) in [6.45, 7) is 2.41. The summed E-state index contributed by atoms with van der Waals surface area (Å²) in [5, 5.41) is 0. The van der Waals surface area contributed by atoms with Gasteiger partial charge in [-0.05, 0) is 25.7 Å². The molecule has 1 atom stereocenters. The first-order valence-electron chi connectivity index (χ1n) is 6.84. The number of methoxy groups -OCH3 is 1. The summed E-state index contributed by atoms with van der Waals surface area (Å²) in [4.78, 5) is 35.3. The zero-order valence-corrected chi connectivity index (χ0v) is 11.7. The van der Waals surface area contributed by atoms with E-state index in [-0.39, 0.29) is 24.6 Å². The van der Waals surface area contributed by atoms with Gasteiger partial charge in [-0.25, -0.2) is 0 Å². The standard InChI is InChI=1S/C14H22O5/c1-3-4-10-19-12(16)7-9-14(13(17)18-2)8-5-6-11(14)15/h3-10H2,1-2H3. The van der Waals surface area contributed by atoms with E-state index >= 15 is 0 Å². The first-order chi connectivity index (χ1) is 9.06. The van der Waals surface area contributed by atoms with Crippen LogP contribution in [-0.4, -0.2) is 31.4 Å². The van der Waals surface area contributed by atoms with E-state index < -0.39 is 11.4 Å². The van der Waals surface area contributed by atoms with Crippen molar-refractivity contribution in [3.63, 3.8) is 0 Å². The van der Waals surface area contributed by atoms with Crippen LogP contribution in [0.25, 0.3) is 0 Å². The zero-order valence-electron chi connectivity index (χ0n) is 11.7. The number of ether oxygens (including phenoxy) is 2. The highest BCUT2D eigenvalue weighted by molar-refractivity contribution is 6.05. The lowest BCUT2D eigenvalue weighted by atomic mass is 9.80. The summed E-state index contributed by atoms with van der Waals surface area (Å²) in [6.07, 6.45) is 3.61. The van der Waals surface area contributed by atoms with E-state index in [9.17, 15) is 14.4 Å². The van der Waals surface area contributed by atoms with Crippen molar-refractivity contribution in [2.75, 3.05) is 13.7 Å². The van der Waals surface area contributed by atoms with Crippen LogP contribution in [0.2, 0.25) is 0 Å². The van der Waals surface area contributed by atoms with Gasteiger partial charge in [-0.1, -0.05) is 13.3 Å².